The number of halogens is 1. The topological polar surface area (TPSA) is 60.2 Å². The van der Waals surface area contributed by atoms with Crippen molar-refractivity contribution in [3.63, 3.8) is 0 Å². The van der Waals surface area contributed by atoms with Crippen LogP contribution < -0.4 is 5.14 Å². The van der Waals surface area contributed by atoms with Crippen LogP contribution in [0.2, 0.25) is 0 Å². The lowest BCUT2D eigenvalue weighted by molar-refractivity contribution is 0.606. The largest absolute Gasteiger partial charge is 0.244 e. The minimum absolute atomic E-state index is 0.0220. The van der Waals surface area contributed by atoms with Gasteiger partial charge < -0.3 is 0 Å². The van der Waals surface area contributed by atoms with E-state index in [1.807, 2.05) is 18.2 Å². The van der Waals surface area contributed by atoms with E-state index in [-0.39, 0.29) is 3.81 Å². The Morgan fingerprint density at radius 1 is 1.31 bits per heavy atom. The molecule has 0 atom stereocenters. The maximum atomic E-state index is 10.8. The molecule has 2 N–H and O–H groups in total. The van der Waals surface area contributed by atoms with Gasteiger partial charge in [0.15, 0.2) is 0 Å². The molecule has 0 spiro atoms. The van der Waals surface area contributed by atoms with Gasteiger partial charge in [-0.25, -0.2) is 13.6 Å². The molecule has 5 heteroatoms. The molecule has 0 saturated heterocycles. The van der Waals surface area contributed by atoms with Crippen LogP contribution in [-0.2, 0) is 10.0 Å². The molecule has 0 heterocycles. The Balaban J connectivity index is 3.04. The molecular weight excluding hydrogens is 254 g/mol. The first-order valence-corrected chi connectivity index (χ1v) is 5.79. The second-order valence-electron chi connectivity index (χ2n) is 2.40. The number of nitrogens with two attached hydrogens (primary N) is 1. The highest BCUT2D eigenvalue weighted by molar-refractivity contribution is 9.13. The monoisotopic (exact) mass is 261 g/mol. The normalized spacial score (nSPS) is 12.9. The zero-order chi connectivity index (χ0) is 9.90. The zero-order valence-electron chi connectivity index (χ0n) is 6.64. The standard InChI is InChI=1S/C8H8BrNO2S/c9-8(13(10,11)12)6-7-4-2-1-3-5-7/h1-6H,(H2,10,11,12)/b8-6+. The summed E-state index contributed by atoms with van der Waals surface area (Å²) in [7, 11) is -3.62. The van der Waals surface area contributed by atoms with E-state index in [9.17, 15) is 8.42 Å². The maximum Gasteiger partial charge on any atom is 0.244 e. The van der Waals surface area contributed by atoms with Crippen LogP contribution in [0.15, 0.2) is 34.1 Å². The van der Waals surface area contributed by atoms with Crippen LogP contribution in [0.3, 0.4) is 0 Å². The SMILES string of the molecule is NS(=O)(=O)/C(Br)=C/c1ccccc1. The summed E-state index contributed by atoms with van der Waals surface area (Å²) in [5, 5.41) is 4.88. The summed E-state index contributed by atoms with van der Waals surface area (Å²) in [6.07, 6.45) is 1.45. The van der Waals surface area contributed by atoms with E-state index < -0.39 is 10.0 Å². The van der Waals surface area contributed by atoms with Crippen molar-refractivity contribution in [1.82, 2.24) is 0 Å². The second-order valence-corrected chi connectivity index (χ2v) is 5.31. The van der Waals surface area contributed by atoms with Crippen LogP contribution in [0.25, 0.3) is 6.08 Å². The molecule has 70 valence electrons. The molecule has 0 aromatic heterocycles. The summed E-state index contributed by atoms with van der Waals surface area (Å²) in [5.41, 5.74) is 0.781. The number of sulfonamides is 1. The van der Waals surface area contributed by atoms with Gasteiger partial charge in [0.25, 0.3) is 0 Å². The quantitative estimate of drug-likeness (QED) is 0.881. The molecule has 0 saturated carbocycles. The van der Waals surface area contributed by atoms with Crippen LogP contribution in [0, 0.1) is 0 Å². The molecule has 0 aliphatic heterocycles. The van der Waals surface area contributed by atoms with Gasteiger partial charge in [0.2, 0.25) is 10.0 Å². The average Bonchev–Trinajstić information content (AvgIpc) is 2.04. The smallest absolute Gasteiger partial charge is 0.224 e. The third-order valence-electron chi connectivity index (χ3n) is 1.35. The molecule has 0 aliphatic carbocycles. The van der Waals surface area contributed by atoms with Crippen molar-refractivity contribution in [1.29, 1.82) is 0 Å². The summed E-state index contributed by atoms with van der Waals surface area (Å²) in [4.78, 5) is 0. The first-order valence-electron chi connectivity index (χ1n) is 3.45. The van der Waals surface area contributed by atoms with E-state index in [2.05, 4.69) is 15.9 Å². The second kappa shape index (κ2) is 4.04. The van der Waals surface area contributed by atoms with Crippen LogP contribution in [-0.4, -0.2) is 8.42 Å². The molecule has 0 amide bonds. The van der Waals surface area contributed by atoms with Crippen molar-refractivity contribution in [2.45, 2.75) is 0 Å². The first kappa shape index (κ1) is 10.4. The predicted octanol–water partition coefficient (Wildman–Crippen LogP) is 1.67. The highest BCUT2D eigenvalue weighted by Gasteiger charge is 2.06. The van der Waals surface area contributed by atoms with Gasteiger partial charge in [-0.3, -0.25) is 0 Å². The molecule has 0 radical (unpaired) electrons. The molecule has 0 unspecified atom stereocenters. The van der Waals surface area contributed by atoms with E-state index >= 15 is 0 Å². The van der Waals surface area contributed by atoms with Crippen LogP contribution in [0.1, 0.15) is 5.56 Å². The molecule has 1 aromatic rings. The number of benzene rings is 1. The van der Waals surface area contributed by atoms with Gasteiger partial charge in [0, 0.05) is 0 Å². The van der Waals surface area contributed by atoms with E-state index in [0.29, 0.717) is 0 Å². The van der Waals surface area contributed by atoms with Gasteiger partial charge >= 0.3 is 0 Å². The van der Waals surface area contributed by atoms with Crippen LogP contribution in [0.5, 0.6) is 0 Å². The molecule has 3 nitrogen and oxygen atoms in total. The summed E-state index contributed by atoms with van der Waals surface area (Å²) in [6.45, 7) is 0. The van der Waals surface area contributed by atoms with E-state index in [0.717, 1.165) is 5.56 Å². The van der Waals surface area contributed by atoms with Gasteiger partial charge in [-0.15, -0.1) is 0 Å². The number of hydrogen-bond donors (Lipinski definition) is 1. The highest BCUT2D eigenvalue weighted by Crippen LogP contribution is 2.15. The van der Waals surface area contributed by atoms with E-state index in [1.165, 1.54) is 6.08 Å². The Hall–Kier alpha value is -0.650. The third kappa shape index (κ3) is 3.30. The lowest BCUT2D eigenvalue weighted by atomic mass is 10.2. The Morgan fingerprint density at radius 3 is 2.31 bits per heavy atom. The fourth-order valence-electron chi connectivity index (χ4n) is 0.762. The van der Waals surface area contributed by atoms with Crippen molar-refractivity contribution in [2.75, 3.05) is 0 Å². The Labute approximate surface area is 85.4 Å². The molecule has 0 fully saturated rings. The van der Waals surface area contributed by atoms with Gasteiger partial charge in [0.05, 0.1) is 0 Å². The number of hydrogen-bond acceptors (Lipinski definition) is 2. The minimum atomic E-state index is -3.62. The third-order valence-corrected chi connectivity index (χ3v) is 3.60. The molecular formula is C8H8BrNO2S. The Bertz CT molecular complexity index is 411. The zero-order valence-corrected chi connectivity index (χ0v) is 9.05. The predicted molar refractivity (Wildman–Crippen MR) is 56.5 cm³/mol. The fourth-order valence-corrected chi connectivity index (χ4v) is 1.33. The Morgan fingerprint density at radius 2 is 1.85 bits per heavy atom. The van der Waals surface area contributed by atoms with Gasteiger partial charge in [-0.2, -0.15) is 0 Å². The summed E-state index contributed by atoms with van der Waals surface area (Å²) in [6, 6.07) is 9.05. The maximum absolute atomic E-state index is 10.8. The minimum Gasteiger partial charge on any atom is -0.224 e. The summed E-state index contributed by atoms with van der Waals surface area (Å²) >= 11 is 2.88. The Kier molecular flexibility index (Phi) is 3.24. The van der Waals surface area contributed by atoms with Crippen molar-refractivity contribution in [2.24, 2.45) is 5.14 Å². The summed E-state index contributed by atoms with van der Waals surface area (Å²) in [5.74, 6) is 0. The van der Waals surface area contributed by atoms with Gasteiger partial charge in [-0.1, -0.05) is 30.3 Å². The lowest BCUT2D eigenvalue weighted by Gasteiger charge is -1.95. The fraction of sp³-hybridized carbons (Fsp3) is 0. The highest BCUT2D eigenvalue weighted by atomic mass is 79.9. The summed E-state index contributed by atoms with van der Waals surface area (Å²) < 4.78 is 21.6. The van der Waals surface area contributed by atoms with Crippen molar-refractivity contribution in [3.05, 3.63) is 39.7 Å². The first-order chi connectivity index (χ1) is 6.00. The number of primary sulfonamides is 1. The van der Waals surface area contributed by atoms with Crippen molar-refractivity contribution >= 4 is 32.0 Å². The number of rotatable bonds is 2. The van der Waals surface area contributed by atoms with E-state index in [1.54, 1.807) is 12.1 Å². The lowest BCUT2D eigenvalue weighted by Crippen LogP contribution is -2.10. The molecule has 0 bridgehead atoms. The van der Waals surface area contributed by atoms with Gasteiger partial charge in [-0.05, 0) is 27.6 Å². The van der Waals surface area contributed by atoms with Crippen molar-refractivity contribution in [3.8, 4) is 0 Å². The van der Waals surface area contributed by atoms with Crippen LogP contribution in [0.4, 0.5) is 0 Å². The van der Waals surface area contributed by atoms with Gasteiger partial charge in [0.1, 0.15) is 3.81 Å². The molecule has 13 heavy (non-hydrogen) atoms. The van der Waals surface area contributed by atoms with Crippen LogP contribution >= 0.6 is 15.9 Å². The molecule has 1 rings (SSSR count). The van der Waals surface area contributed by atoms with Crippen molar-refractivity contribution < 1.29 is 8.42 Å². The molecule has 0 aliphatic rings. The average molecular weight is 262 g/mol. The van der Waals surface area contributed by atoms with E-state index in [4.69, 9.17) is 5.14 Å². The molecule has 1 aromatic carbocycles.